The minimum Gasteiger partial charge on any atom is -0.431 e. The number of nitrogens with zero attached hydrogens (tertiary/aromatic N) is 1. The van der Waals surface area contributed by atoms with Crippen LogP contribution in [0.3, 0.4) is 0 Å². The summed E-state index contributed by atoms with van der Waals surface area (Å²) in [7, 11) is -3.45. The van der Waals surface area contributed by atoms with E-state index in [1.165, 1.54) is 0 Å². The van der Waals surface area contributed by atoms with Gasteiger partial charge in [-0.15, -0.1) is 0 Å². The monoisotopic (exact) mass is 205 g/mol. The maximum atomic E-state index is 10.7. The van der Waals surface area contributed by atoms with Gasteiger partial charge >= 0.3 is 6.01 Å². The van der Waals surface area contributed by atoms with Crippen LogP contribution in [0.2, 0.25) is 0 Å². The number of carbonyl (C=O) groups excluding carboxylic acids is 1. The van der Waals surface area contributed by atoms with Gasteiger partial charge < -0.3 is 10.2 Å². The molecular formula is C5H7N3O4S. The maximum absolute atomic E-state index is 10.7. The molecule has 0 fully saturated rings. The fourth-order valence-electron chi connectivity index (χ4n) is 0.592. The number of amides is 1. The number of sulfonamides is 1. The number of oxazole rings is 1. The number of primary amides is 1. The van der Waals surface area contributed by atoms with E-state index in [1.54, 1.807) is 0 Å². The third kappa shape index (κ3) is 2.75. The van der Waals surface area contributed by atoms with Crippen molar-refractivity contribution in [1.29, 1.82) is 0 Å². The molecule has 0 bridgehead atoms. The molecule has 7 nitrogen and oxygen atoms in total. The molecule has 0 aliphatic rings. The van der Waals surface area contributed by atoms with Gasteiger partial charge in [0.05, 0.1) is 6.26 Å². The van der Waals surface area contributed by atoms with Crippen LogP contribution in [0.4, 0.5) is 6.01 Å². The van der Waals surface area contributed by atoms with E-state index in [2.05, 4.69) is 9.40 Å². The first kappa shape index (κ1) is 9.52. The second-order valence-corrected chi connectivity index (χ2v) is 4.02. The Morgan fingerprint density at radius 2 is 2.31 bits per heavy atom. The highest BCUT2D eigenvalue weighted by Gasteiger charge is 2.11. The molecule has 8 heteroatoms. The van der Waals surface area contributed by atoms with E-state index in [-0.39, 0.29) is 11.7 Å². The number of aromatic nitrogens is 1. The molecule has 0 radical (unpaired) electrons. The number of rotatable bonds is 3. The van der Waals surface area contributed by atoms with Crippen LogP contribution in [0.1, 0.15) is 10.5 Å². The summed E-state index contributed by atoms with van der Waals surface area (Å²) in [5, 5.41) is 0. The average Bonchev–Trinajstić information content (AvgIpc) is 2.31. The number of hydrogen-bond acceptors (Lipinski definition) is 5. The summed E-state index contributed by atoms with van der Waals surface area (Å²) in [6.45, 7) is 0. The Morgan fingerprint density at radius 3 is 2.69 bits per heavy atom. The van der Waals surface area contributed by atoms with Crippen molar-refractivity contribution in [2.24, 2.45) is 5.73 Å². The molecule has 0 unspecified atom stereocenters. The minimum atomic E-state index is -3.45. The first-order valence-electron chi connectivity index (χ1n) is 3.11. The minimum absolute atomic E-state index is 0.133. The third-order valence-electron chi connectivity index (χ3n) is 1.03. The Balaban J connectivity index is 2.87. The molecule has 0 atom stereocenters. The molecule has 0 aliphatic carbocycles. The van der Waals surface area contributed by atoms with E-state index in [0.717, 1.165) is 12.5 Å². The van der Waals surface area contributed by atoms with E-state index in [0.29, 0.717) is 0 Å². The predicted molar refractivity (Wildman–Crippen MR) is 43.5 cm³/mol. The molecule has 0 aromatic carbocycles. The SMILES string of the molecule is CS(=O)(=O)Nc1nc(C(N)=O)co1. The van der Waals surface area contributed by atoms with E-state index in [4.69, 9.17) is 5.73 Å². The summed E-state index contributed by atoms with van der Waals surface area (Å²) in [5.74, 6) is -0.787. The fourth-order valence-corrected chi connectivity index (χ4v) is 1.00. The highest BCUT2D eigenvalue weighted by molar-refractivity contribution is 7.91. The fraction of sp³-hybridized carbons (Fsp3) is 0.200. The van der Waals surface area contributed by atoms with Gasteiger partial charge in [-0.25, -0.2) is 13.1 Å². The number of nitrogens with two attached hydrogens (primary N) is 1. The number of nitrogens with one attached hydrogen (secondary N) is 1. The molecule has 13 heavy (non-hydrogen) atoms. The van der Waals surface area contributed by atoms with Crippen LogP contribution < -0.4 is 10.5 Å². The molecule has 0 aliphatic heterocycles. The van der Waals surface area contributed by atoms with Crippen LogP contribution in [0.25, 0.3) is 0 Å². The van der Waals surface area contributed by atoms with Crippen molar-refractivity contribution in [2.75, 3.05) is 11.0 Å². The Morgan fingerprint density at radius 1 is 1.69 bits per heavy atom. The Kier molecular flexibility index (Phi) is 2.24. The zero-order valence-electron chi connectivity index (χ0n) is 6.64. The molecule has 72 valence electrons. The standard InChI is InChI=1S/C5H7N3O4S/c1-13(10,11)8-5-7-3(2-12-5)4(6)9/h2H,1H3,(H2,6,9)(H,7,8). The second-order valence-electron chi connectivity index (χ2n) is 2.28. The molecule has 1 aromatic heterocycles. The van der Waals surface area contributed by atoms with Gasteiger partial charge in [0, 0.05) is 0 Å². The lowest BCUT2D eigenvalue weighted by Gasteiger charge is -1.94. The van der Waals surface area contributed by atoms with Crippen LogP contribution in [0, 0.1) is 0 Å². The van der Waals surface area contributed by atoms with E-state index < -0.39 is 15.9 Å². The molecule has 1 amide bonds. The Hall–Kier alpha value is -1.57. The normalized spacial score (nSPS) is 11.2. The third-order valence-corrected chi connectivity index (χ3v) is 1.57. The van der Waals surface area contributed by atoms with Crippen molar-refractivity contribution in [2.45, 2.75) is 0 Å². The van der Waals surface area contributed by atoms with Gasteiger partial charge in [-0.2, -0.15) is 4.98 Å². The number of anilines is 1. The zero-order chi connectivity index (χ0) is 10.1. The largest absolute Gasteiger partial charge is 0.431 e. The Bertz CT molecular complexity index is 421. The van der Waals surface area contributed by atoms with E-state index >= 15 is 0 Å². The van der Waals surface area contributed by atoms with Crippen molar-refractivity contribution in [3.05, 3.63) is 12.0 Å². The summed E-state index contributed by atoms with van der Waals surface area (Å²) in [5.41, 5.74) is 4.72. The van der Waals surface area contributed by atoms with Crippen molar-refractivity contribution in [3.63, 3.8) is 0 Å². The predicted octanol–water partition coefficient (Wildman–Crippen LogP) is -0.855. The summed E-state index contributed by atoms with van der Waals surface area (Å²) in [6, 6.07) is -0.281. The van der Waals surface area contributed by atoms with Gasteiger partial charge in [0.25, 0.3) is 5.91 Å². The lowest BCUT2D eigenvalue weighted by atomic mass is 10.5. The van der Waals surface area contributed by atoms with Crippen LogP contribution in [-0.2, 0) is 10.0 Å². The highest BCUT2D eigenvalue weighted by Crippen LogP contribution is 2.07. The maximum Gasteiger partial charge on any atom is 0.309 e. The van der Waals surface area contributed by atoms with Crippen LogP contribution >= 0.6 is 0 Å². The molecule has 0 spiro atoms. The molecule has 0 saturated carbocycles. The quantitative estimate of drug-likeness (QED) is 0.666. The zero-order valence-corrected chi connectivity index (χ0v) is 7.46. The van der Waals surface area contributed by atoms with E-state index in [9.17, 15) is 13.2 Å². The van der Waals surface area contributed by atoms with E-state index in [1.807, 2.05) is 4.72 Å². The molecule has 1 rings (SSSR count). The summed E-state index contributed by atoms with van der Waals surface area (Å²) >= 11 is 0. The lowest BCUT2D eigenvalue weighted by Crippen LogP contribution is -2.13. The first-order valence-corrected chi connectivity index (χ1v) is 5.01. The molecule has 1 heterocycles. The van der Waals surface area contributed by atoms with Gasteiger partial charge in [0.15, 0.2) is 5.69 Å². The van der Waals surface area contributed by atoms with Crippen LogP contribution in [0.5, 0.6) is 0 Å². The van der Waals surface area contributed by atoms with Crippen molar-refractivity contribution < 1.29 is 17.6 Å². The lowest BCUT2D eigenvalue weighted by molar-refractivity contribution is 0.0995. The van der Waals surface area contributed by atoms with Gasteiger partial charge in [-0.3, -0.25) is 4.79 Å². The van der Waals surface area contributed by atoms with Crippen molar-refractivity contribution >= 4 is 21.9 Å². The van der Waals surface area contributed by atoms with Gasteiger partial charge in [-0.05, 0) is 0 Å². The molecular weight excluding hydrogens is 198 g/mol. The summed E-state index contributed by atoms with van der Waals surface area (Å²) < 4.78 is 27.8. The van der Waals surface area contributed by atoms with Gasteiger partial charge in [0.1, 0.15) is 6.26 Å². The van der Waals surface area contributed by atoms with Crippen molar-refractivity contribution in [3.8, 4) is 0 Å². The second kappa shape index (κ2) is 3.05. The Labute approximate surface area is 74.0 Å². The van der Waals surface area contributed by atoms with Gasteiger partial charge in [0.2, 0.25) is 10.0 Å². The molecule has 0 saturated heterocycles. The summed E-state index contributed by atoms with van der Waals surface area (Å²) in [4.78, 5) is 14.0. The number of carbonyl (C=O) groups is 1. The highest BCUT2D eigenvalue weighted by atomic mass is 32.2. The van der Waals surface area contributed by atoms with Crippen LogP contribution in [0.15, 0.2) is 10.7 Å². The topological polar surface area (TPSA) is 115 Å². The molecule has 3 N–H and O–H groups in total. The first-order chi connectivity index (χ1) is 5.88. The molecule has 1 aromatic rings. The van der Waals surface area contributed by atoms with Crippen LogP contribution in [-0.4, -0.2) is 25.6 Å². The average molecular weight is 205 g/mol. The smallest absolute Gasteiger partial charge is 0.309 e. The van der Waals surface area contributed by atoms with Gasteiger partial charge in [-0.1, -0.05) is 0 Å². The number of hydrogen-bond donors (Lipinski definition) is 2. The van der Waals surface area contributed by atoms with Crippen molar-refractivity contribution in [1.82, 2.24) is 4.98 Å². The summed E-state index contributed by atoms with van der Waals surface area (Å²) in [6.07, 6.45) is 1.90.